The van der Waals surface area contributed by atoms with Crippen molar-refractivity contribution in [1.29, 1.82) is 0 Å². The Balaban J connectivity index is 2.11. The van der Waals surface area contributed by atoms with Gasteiger partial charge in [-0.05, 0) is 23.1 Å². The molecule has 19 heavy (non-hydrogen) atoms. The molecule has 2 rings (SSSR count). The summed E-state index contributed by atoms with van der Waals surface area (Å²) in [6, 6.07) is 18.5. The van der Waals surface area contributed by atoms with Crippen LogP contribution in [0.1, 0.15) is 5.56 Å². The van der Waals surface area contributed by atoms with E-state index in [1.54, 1.807) is 0 Å². The van der Waals surface area contributed by atoms with Crippen LogP contribution in [0.3, 0.4) is 0 Å². The number of alkyl carbamates (subject to hydrolysis) is 1. The van der Waals surface area contributed by atoms with Gasteiger partial charge in [0.25, 0.3) is 0 Å². The number of rotatable bonds is 4. The van der Waals surface area contributed by atoms with Gasteiger partial charge in [-0.25, -0.2) is 4.79 Å². The van der Waals surface area contributed by atoms with Gasteiger partial charge in [0, 0.05) is 6.54 Å². The van der Waals surface area contributed by atoms with Crippen LogP contribution in [0, 0.1) is 0 Å². The summed E-state index contributed by atoms with van der Waals surface area (Å²) >= 11 is 0. The number of amides is 1. The van der Waals surface area contributed by atoms with E-state index in [2.05, 4.69) is 34.3 Å². The molecule has 0 unspecified atom stereocenters. The first kappa shape index (κ1) is 13.1. The quantitative estimate of drug-likeness (QED) is 0.910. The number of hydrogen-bond acceptors (Lipinski definition) is 2. The fourth-order valence-electron chi connectivity index (χ4n) is 2.01. The molecular formula is C16H17NO2. The normalized spacial score (nSPS) is 9.95. The molecule has 0 aromatic heterocycles. The molecule has 3 nitrogen and oxygen atoms in total. The fraction of sp³-hybridized carbons (Fsp3) is 0.188. The second-order valence-corrected chi connectivity index (χ2v) is 4.19. The summed E-state index contributed by atoms with van der Waals surface area (Å²) in [5.74, 6) is 0. The predicted octanol–water partition coefficient (Wildman–Crippen LogP) is 3.25. The molecule has 0 atom stereocenters. The lowest BCUT2D eigenvalue weighted by atomic mass is 9.98. The van der Waals surface area contributed by atoms with Crippen molar-refractivity contribution in [2.45, 2.75) is 6.42 Å². The Kier molecular flexibility index (Phi) is 4.56. The highest BCUT2D eigenvalue weighted by Gasteiger charge is 2.04. The zero-order valence-corrected chi connectivity index (χ0v) is 10.9. The molecule has 0 aliphatic heterocycles. The van der Waals surface area contributed by atoms with Crippen LogP contribution in [0.15, 0.2) is 54.6 Å². The third-order valence-electron chi connectivity index (χ3n) is 2.95. The SMILES string of the molecule is COC(=O)NCCc1ccccc1-c1ccccc1. The summed E-state index contributed by atoms with van der Waals surface area (Å²) < 4.78 is 4.55. The second kappa shape index (κ2) is 6.59. The fourth-order valence-corrected chi connectivity index (χ4v) is 2.01. The lowest BCUT2D eigenvalue weighted by Crippen LogP contribution is -2.25. The van der Waals surface area contributed by atoms with Crippen molar-refractivity contribution in [3.8, 4) is 11.1 Å². The average molecular weight is 255 g/mol. The molecular weight excluding hydrogens is 238 g/mol. The summed E-state index contributed by atoms with van der Waals surface area (Å²) in [5.41, 5.74) is 3.61. The molecule has 1 amide bonds. The molecule has 0 radical (unpaired) electrons. The predicted molar refractivity (Wildman–Crippen MR) is 76.0 cm³/mol. The Morgan fingerprint density at radius 1 is 1.05 bits per heavy atom. The van der Waals surface area contributed by atoms with Crippen molar-refractivity contribution in [2.75, 3.05) is 13.7 Å². The molecule has 0 aliphatic rings. The number of hydrogen-bond donors (Lipinski definition) is 1. The van der Waals surface area contributed by atoms with Crippen molar-refractivity contribution < 1.29 is 9.53 Å². The van der Waals surface area contributed by atoms with Crippen molar-refractivity contribution in [2.24, 2.45) is 0 Å². The van der Waals surface area contributed by atoms with E-state index in [4.69, 9.17) is 0 Å². The van der Waals surface area contributed by atoms with Gasteiger partial charge in [0.05, 0.1) is 7.11 Å². The highest BCUT2D eigenvalue weighted by atomic mass is 16.5. The monoisotopic (exact) mass is 255 g/mol. The first-order valence-corrected chi connectivity index (χ1v) is 6.26. The molecule has 98 valence electrons. The molecule has 2 aromatic carbocycles. The molecule has 0 spiro atoms. The molecule has 0 heterocycles. The van der Waals surface area contributed by atoms with Crippen LogP contribution < -0.4 is 5.32 Å². The van der Waals surface area contributed by atoms with E-state index in [0.717, 1.165) is 6.42 Å². The summed E-state index contributed by atoms with van der Waals surface area (Å²) in [6.07, 6.45) is 0.386. The lowest BCUT2D eigenvalue weighted by molar-refractivity contribution is 0.171. The number of methoxy groups -OCH3 is 1. The van der Waals surface area contributed by atoms with Crippen LogP contribution in [0.25, 0.3) is 11.1 Å². The van der Waals surface area contributed by atoms with Gasteiger partial charge in [-0.2, -0.15) is 0 Å². The molecule has 3 heteroatoms. The summed E-state index contributed by atoms with van der Waals surface area (Å²) in [7, 11) is 1.37. The Labute approximate surface area is 113 Å². The topological polar surface area (TPSA) is 38.3 Å². The van der Waals surface area contributed by atoms with Crippen molar-refractivity contribution in [3.63, 3.8) is 0 Å². The van der Waals surface area contributed by atoms with E-state index in [-0.39, 0.29) is 0 Å². The van der Waals surface area contributed by atoms with E-state index >= 15 is 0 Å². The summed E-state index contributed by atoms with van der Waals surface area (Å²) in [5, 5.41) is 2.70. The van der Waals surface area contributed by atoms with Gasteiger partial charge in [0.1, 0.15) is 0 Å². The molecule has 0 aliphatic carbocycles. The van der Waals surface area contributed by atoms with Gasteiger partial charge in [-0.1, -0.05) is 54.6 Å². The third-order valence-corrected chi connectivity index (χ3v) is 2.95. The van der Waals surface area contributed by atoms with Crippen LogP contribution >= 0.6 is 0 Å². The molecule has 0 bridgehead atoms. The summed E-state index contributed by atoms with van der Waals surface area (Å²) in [4.78, 5) is 11.0. The van der Waals surface area contributed by atoms with Crippen molar-refractivity contribution in [1.82, 2.24) is 5.32 Å². The van der Waals surface area contributed by atoms with E-state index in [1.807, 2.05) is 30.3 Å². The zero-order valence-electron chi connectivity index (χ0n) is 10.9. The lowest BCUT2D eigenvalue weighted by Gasteiger charge is -2.10. The van der Waals surface area contributed by atoms with Crippen LogP contribution in [0.5, 0.6) is 0 Å². The van der Waals surface area contributed by atoms with E-state index in [1.165, 1.54) is 23.8 Å². The summed E-state index contributed by atoms with van der Waals surface area (Å²) in [6.45, 7) is 0.566. The van der Waals surface area contributed by atoms with Gasteiger partial charge in [-0.3, -0.25) is 0 Å². The molecule has 0 saturated heterocycles. The molecule has 0 fully saturated rings. The van der Waals surface area contributed by atoms with E-state index < -0.39 is 6.09 Å². The number of nitrogens with one attached hydrogen (secondary N) is 1. The van der Waals surface area contributed by atoms with Crippen molar-refractivity contribution in [3.05, 3.63) is 60.2 Å². The first-order chi connectivity index (χ1) is 9.31. The average Bonchev–Trinajstić information content (AvgIpc) is 2.48. The van der Waals surface area contributed by atoms with Gasteiger partial charge in [0.15, 0.2) is 0 Å². The highest BCUT2D eigenvalue weighted by molar-refractivity contribution is 5.68. The largest absolute Gasteiger partial charge is 0.453 e. The Hall–Kier alpha value is -2.29. The number of carbonyl (C=O) groups excluding carboxylic acids is 1. The minimum atomic E-state index is -0.391. The molecule has 0 saturated carbocycles. The smallest absolute Gasteiger partial charge is 0.406 e. The molecule has 2 aromatic rings. The molecule has 1 N–H and O–H groups in total. The Bertz CT molecular complexity index is 537. The standard InChI is InChI=1S/C16H17NO2/c1-19-16(18)17-12-11-14-9-5-6-10-15(14)13-7-3-2-4-8-13/h2-10H,11-12H2,1H3,(H,17,18). The van der Waals surface area contributed by atoms with Gasteiger partial charge in [0.2, 0.25) is 0 Å². The van der Waals surface area contributed by atoms with Crippen LogP contribution in [0.2, 0.25) is 0 Å². The maximum atomic E-state index is 11.0. The van der Waals surface area contributed by atoms with Crippen LogP contribution in [-0.2, 0) is 11.2 Å². The van der Waals surface area contributed by atoms with Crippen LogP contribution in [0.4, 0.5) is 4.79 Å². The zero-order chi connectivity index (χ0) is 13.5. The third kappa shape index (κ3) is 3.58. The van der Waals surface area contributed by atoms with Crippen molar-refractivity contribution >= 4 is 6.09 Å². The highest BCUT2D eigenvalue weighted by Crippen LogP contribution is 2.23. The number of carbonyl (C=O) groups is 1. The Morgan fingerprint density at radius 2 is 1.74 bits per heavy atom. The second-order valence-electron chi connectivity index (χ2n) is 4.19. The van der Waals surface area contributed by atoms with E-state index in [9.17, 15) is 4.79 Å². The van der Waals surface area contributed by atoms with Gasteiger partial charge < -0.3 is 10.1 Å². The first-order valence-electron chi connectivity index (χ1n) is 6.26. The minimum Gasteiger partial charge on any atom is -0.453 e. The Morgan fingerprint density at radius 3 is 2.47 bits per heavy atom. The minimum absolute atomic E-state index is 0.391. The maximum absolute atomic E-state index is 11.0. The van der Waals surface area contributed by atoms with Gasteiger partial charge >= 0.3 is 6.09 Å². The number of ether oxygens (including phenoxy) is 1. The van der Waals surface area contributed by atoms with E-state index in [0.29, 0.717) is 6.54 Å². The van der Waals surface area contributed by atoms with Gasteiger partial charge in [-0.15, -0.1) is 0 Å². The van der Waals surface area contributed by atoms with Crippen LogP contribution in [-0.4, -0.2) is 19.7 Å². The maximum Gasteiger partial charge on any atom is 0.406 e. The number of benzene rings is 2.